The average molecular weight is 417 g/mol. The number of hydrogen-bond donors (Lipinski definition) is 0. The Bertz CT molecular complexity index is 1270. The third-order valence-electron chi connectivity index (χ3n) is 5.91. The number of aromatic nitrogens is 3. The third kappa shape index (κ3) is 3.96. The average Bonchev–Trinajstić information content (AvgIpc) is 3.05. The van der Waals surface area contributed by atoms with Crippen LogP contribution in [0.3, 0.4) is 0 Å². The fourth-order valence-corrected chi connectivity index (χ4v) is 4.07. The van der Waals surface area contributed by atoms with Gasteiger partial charge in [0.15, 0.2) is 5.78 Å². The smallest absolute Gasteiger partial charge is 0.285 e. The van der Waals surface area contributed by atoms with Crippen molar-refractivity contribution >= 4 is 5.78 Å². The molecule has 0 N–H and O–H groups in total. The molecule has 0 aliphatic carbocycles. The Morgan fingerprint density at radius 3 is 2.35 bits per heavy atom. The van der Waals surface area contributed by atoms with E-state index < -0.39 is 5.56 Å². The number of ketones is 1. The summed E-state index contributed by atoms with van der Waals surface area (Å²) in [5, 5.41) is 13.9. The number of Topliss-reactive ketones (excluding diaryl/α,β-unsaturated/α-hetero) is 1. The SMILES string of the molecule is CCc1nn(CC(=O)c2cc(C)n(-c3ccc(C)c(C)c3)c2C)c(=O)c(C#N)c1CC. The molecule has 3 rings (SSSR count). The number of carbonyl (C=O) groups excluding carboxylic acids is 1. The molecule has 0 spiro atoms. The molecule has 6 nitrogen and oxygen atoms in total. The van der Waals surface area contributed by atoms with Crippen LogP contribution in [-0.2, 0) is 19.4 Å². The zero-order valence-corrected chi connectivity index (χ0v) is 19.0. The van der Waals surface area contributed by atoms with Crippen molar-refractivity contribution in [2.45, 2.75) is 60.9 Å². The first-order chi connectivity index (χ1) is 14.7. The van der Waals surface area contributed by atoms with Gasteiger partial charge in [0, 0.05) is 22.6 Å². The standard InChI is InChI=1S/C25H28N4O2/c1-7-20-22(13-26)25(31)28(27-23(20)8-2)14-24(30)21-12-17(5)29(18(21)6)19-10-9-15(3)16(4)11-19/h9-12H,7-8,14H2,1-6H3. The first-order valence-corrected chi connectivity index (χ1v) is 10.6. The van der Waals surface area contributed by atoms with Crippen LogP contribution in [0.1, 0.15) is 63.5 Å². The van der Waals surface area contributed by atoms with Crippen LogP contribution in [0.2, 0.25) is 0 Å². The minimum atomic E-state index is -0.507. The molecule has 6 heteroatoms. The fourth-order valence-electron chi connectivity index (χ4n) is 4.07. The van der Waals surface area contributed by atoms with Gasteiger partial charge in [0.2, 0.25) is 0 Å². The predicted octanol–water partition coefficient (Wildman–Crippen LogP) is 4.15. The van der Waals surface area contributed by atoms with Crippen LogP contribution >= 0.6 is 0 Å². The van der Waals surface area contributed by atoms with E-state index in [-0.39, 0.29) is 17.9 Å². The molecule has 160 valence electrons. The van der Waals surface area contributed by atoms with Gasteiger partial charge in [-0.15, -0.1) is 0 Å². The van der Waals surface area contributed by atoms with E-state index >= 15 is 0 Å². The van der Waals surface area contributed by atoms with Crippen LogP contribution in [0.15, 0.2) is 29.1 Å². The number of benzene rings is 1. The first-order valence-electron chi connectivity index (χ1n) is 10.6. The lowest BCUT2D eigenvalue weighted by Gasteiger charge is -2.13. The van der Waals surface area contributed by atoms with Crippen molar-refractivity contribution in [1.29, 1.82) is 5.26 Å². The maximum absolute atomic E-state index is 13.2. The molecule has 0 unspecified atom stereocenters. The number of carbonyl (C=O) groups is 1. The summed E-state index contributed by atoms with van der Waals surface area (Å²) in [5.74, 6) is -0.201. The summed E-state index contributed by atoms with van der Waals surface area (Å²) in [6.07, 6.45) is 1.15. The first kappa shape index (κ1) is 22.2. The molecule has 0 saturated heterocycles. The van der Waals surface area contributed by atoms with E-state index in [1.165, 1.54) is 11.1 Å². The molecule has 3 aromatic rings. The minimum Gasteiger partial charge on any atom is -0.318 e. The van der Waals surface area contributed by atoms with E-state index in [0.717, 1.165) is 21.8 Å². The van der Waals surface area contributed by atoms with E-state index in [2.05, 4.69) is 31.1 Å². The molecular weight excluding hydrogens is 388 g/mol. The second-order valence-corrected chi connectivity index (χ2v) is 7.89. The van der Waals surface area contributed by atoms with Gasteiger partial charge in [-0.2, -0.15) is 10.4 Å². The lowest BCUT2D eigenvalue weighted by Crippen LogP contribution is -2.31. The largest absolute Gasteiger partial charge is 0.318 e. The van der Waals surface area contributed by atoms with Crippen LogP contribution in [0, 0.1) is 39.0 Å². The van der Waals surface area contributed by atoms with Crippen molar-refractivity contribution < 1.29 is 4.79 Å². The van der Waals surface area contributed by atoms with Crippen LogP contribution < -0.4 is 5.56 Å². The van der Waals surface area contributed by atoms with E-state index in [0.29, 0.717) is 29.7 Å². The maximum Gasteiger partial charge on any atom is 0.285 e. The summed E-state index contributed by atoms with van der Waals surface area (Å²) in [6.45, 7) is 11.6. The molecule has 0 bridgehead atoms. The molecule has 0 fully saturated rings. The highest BCUT2D eigenvalue weighted by molar-refractivity contribution is 5.97. The molecule has 0 aliphatic rings. The Hall–Kier alpha value is -3.46. The Labute approximate surface area is 182 Å². The monoisotopic (exact) mass is 416 g/mol. The molecule has 2 heterocycles. The summed E-state index contributed by atoms with van der Waals surface area (Å²) >= 11 is 0. The Morgan fingerprint density at radius 2 is 1.77 bits per heavy atom. The number of rotatable bonds is 6. The van der Waals surface area contributed by atoms with E-state index in [9.17, 15) is 14.9 Å². The second-order valence-electron chi connectivity index (χ2n) is 7.89. The lowest BCUT2D eigenvalue weighted by molar-refractivity contribution is 0.0964. The van der Waals surface area contributed by atoms with E-state index in [1.54, 1.807) is 0 Å². The molecule has 0 amide bonds. The summed E-state index contributed by atoms with van der Waals surface area (Å²) in [7, 11) is 0. The minimum absolute atomic E-state index is 0.0859. The van der Waals surface area contributed by atoms with Gasteiger partial charge in [-0.25, -0.2) is 4.68 Å². The summed E-state index contributed by atoms with van der Waals surface area (Å²) < 4.78 is 3.19. The highest BCUT2D eigenvalue weighted by atomic mass is 16.1. The lowest BCUT2D eigenvalue weighted by atomic mass is 10.0. The normalized spacial score (nSPS) is 10.9. The van der Waals surface area contributed by atoms with Gasteiger partial charge in [-0.3, -0.25) is 9.59 Å². The maximum atomic E-state index is 13.2. The van der Waals surface area contributed by atoms with Gasteiger partial charge in [-0.1, -0.05) is 19.9 Å². The van der Waals surface area contributed by atoms with Crippen LogP contribution in [0.25, 0.3) is 5.69 Å². The van der Waals surface area contributed by atoms with Crippen molar-refractivity contribution in [1.82, 2.24) is 14.3 Å². The molecule has 0 saturated carbocycles. The van der Waals surface area contributed by atoms with Gasteiger partial charge in [-0.05, 0) is 75.4 Å². The molecule has 0 radical (unpaired) electrons. The molecular formula is C25H28N4O2. The predicted molar refractivity (Wildman–Crippen MR) is 121 cm³/mol. The number of nitriles is 1. The van der Waals surface area contributed by atoms with E-state index in [1.807, 2.05) is 50.5 Å². The van der Waals surface area contributed by atoms with E-state index in [4.69, 9.17) is 0 Å². The summed E-state index contributed by atoms with van der Waals surface area (Å²) in [4.78, 5) is 25.9. The van der Waals surface area contributed by atoms with Gasteiger partial charge in [0.05, 0.1) is 5.69 Å². The third-order valence-corrected chi connectivity index (χ3v) is 5.91. The van der Waals surface area contributed by atoms with Crippen molar-refractivity contribution in [2.75, 3.05) is 0 Å². The molecule has 0 aliphatic heterocycles. The molecule has 1 aromatic carbocycles. The molecule has 31 heavy (non-hydrogen) atoms. The Morgan fingerprint density at radius 1 is 1.06 bits per heavy atom. The number of hydrogen-bond acceptors (Lipinski definition) is 4. The zero-order valence-electron chi connectivity index (χ0n) is 19.0. The van der Waals surface area contributed by atoms with Crippen LogP contribution in [0.4, 0.5) is 0 Å². The van der Waals surface area contributed by atoms with Crippen molar-refractivity contribution in [3.8, 4) is 11.8 Å². The van der Waals surface area contributed by atoms with Crippen molar-refractivity contribution in [2.24, 2.45) is 0 Å². The van der Waals surface area contributed by atoms with Gasteiger partial charge >= 0.3 is 0 Å². The van der Waals surface area contributed by atoms with Crippen LogP contribution in [-0.4, -0.2) is 20.1 Å². The summed E-state index contributed by atoms with van der Waals surface area (Å²) in [6, 6.07) is 10.1. The topological polar surface area (TPSA) is 80.7 Å². The summed E-state index contributed by atoms with van der Waals surface area (Å²) in [5.41, 5.74) is 6.65. The van der Waals surface area contributed by atoms with Crippen molar-refractivity contribution in [3.05, 3.63) is 79.5 Å². The highest BCUT2D eigenvalue weighted by Crippen LogP contribution is 2.23. The Balaban J connectivity index is 2.03. The van der Waals surface area contributed by atoms with Gasteiger partial charge in [0.25, 0.3) is 5.56 Å². The number of nitrogens with zero attached hydrogens (tertiary/aromatic N) is 4. The molecule has 2 aromatic heterocycles. The highest BCUT2D eigenvalue weighted by Gasteiger charge is 2.21. The quantitative estimate of drug-likeness (QED) is 0.566. The van der Waals surface area contributed by atoms with Gasteiger partial charge in [0.1, 0.15) is 18.2 Å². The Kier molecular flexibility index (Phi) is 6.26. The van der Waals surface area contributed by atoms with Crippen molar-refractivity contribution in [3.63, 3.8) is 0 Å². The number of aryl methyl sites for hydroxylation is 4. The molecule has 0 atom stereocenters. The second kappa shape index (κ2) is 8.73. The van der Waals surface area contributed by atoms with Crippen LogP contribution in [0.5, 0.6) is 0 Å². The fraction of sp³-hybridized carbons (Fsp3) is 0.360. The van der Waals surface area contributed by atoms with Gasteiger partial charge < -0.3 is 4.57 Å². The zero-order chi connectivity index (χ0) is 22.9.